The van der Waals surface area contributed by atoms with E-state index in [9.17, 15) is 4.79 Å². The number of rotatable bonds is 9. The molecule has 0 atom stereocenters. The first-order valence-electron chi connectivity index (χ1n) is 5.95. The average Bonchev–Trinajstić information content (AvgIpc) is 2.20. The third-order valence-corrected chi connectivity index (χ3v) is 2.59. The van der Waals surface area contributed by atoms with Crippen molar-refractivity contribution in [3.8, 4) is 0 Å². The van der Waals surface area contributed by atoms with Crippen LogP contribution in [0.1, 0.15) is 52.4 Å². The van der Waals surface area contributed by atoms with Gasteiger partial charge in [-0.2, -0.15) is 0 Å². The lowest BCUT2D eigenvalue weighted by Crippen LogP contribution is -2.26. The molecule has 4 heteroatoms. The highest BCUT2D eigenvalue weighted by Crippen LogP contribution is 2.17. The van der Waals surface area contributed by atoms with Gasteiger partial charge in [0, 0.05) is 6.61 Å². The van der Waals surface area contributed by atoms with Gasteiger partial charge in [-0.1, -0.05) is 41.6 Å². The van der Waals surface area contributed by atoms with Crippen LogP contribution in [0.4, 0.5) is 0 Å². The molecule has 1 N–H and O–H groups in total. The Morgan fingerprint density at radius 1 is 1.12 bits per heavy atom. The highest BCUT2D eigenvalue weighted by Gasteiger charge is 2.24. The number of hydrogen-bond donors (Lipinski definition) is 1. The van der Waals surface area contributed by atoms with E-state index in [1.54, 1.807) is 13.8 Å². The van der Waals surface area contributed by atoms with Crippen LogP contribution in [0.3, 0.4) is 0 Å². The number of halogens is 1. The van der Waals surface area contributed by atoms with Crippen LogP contribution in [-0.4, -0.2) is 28.6 Å². The molecule has 0 amide bonds. The van der Waals surface area contributed by atoms with E-state index in [1.807, 2.05) is 0 Å². The van der Waals surface area contributed by atoms with Crippen LogP contribution in [0.25, 0.3) is 0 Å². The van der Waals surface area contributed by atoms with E-state index in [2.05, 4.69) is 15.9 Å². The molecule has 0 radical (unpaired) electrons. The maximum Gasteiger partial charge on any atom is 0.322 e. The normalized spacial score (nSPS) is 11.5. The predicted octanol–water partition coefficient (Wildman–Crippen LogP) is 3.04. The van der Waals surface area contributed by atoms with Gasteiger partial charge in [0.25, 0.3) is 0 Å². The number of carbonyl (C=O) groups is 1. The van der Waals surface area contributed by atoms with Crippen molar-refractivity contribution in [2.75, 3.05) is 13.2 Å². The summed E-state index contributed by atoms with van der Waals surface area (Å²) in [5, 5.41) is 8.58. The molecule has 0 fully saturated rings. The zero-order valence-electron chi connectivity index (χ0n) is 10.3. The third-order valence-electron chi connectivity index (χ3n) is 2.27. The maximum absolute atomic E-state index is 11.3. The smallest absolute Gasteiger partial charge is 0.322 e. The summed E-state index contributed by atoms with van der Waals surface area (Å²) >= 11 is 3.26. The fourth-order valence-electron chi connectivity index (χ4n) is 1.26. The van der Waals surface area contributed by atoms with Crippen molar-refractivity contribution in [3.63, 3.8) is 0 Å². The minimum absolute atomic E-state index is 0.201. The Morgan fingerprint density at radius 2 is 1.62 bits per heavy atom. The highest BCUT2D eigenvalue weighted by molar-refractivity contribution is 9.10. The number of aliphatic hydroxyl groups excluding tert-OH is 1. The van der Waals surface area contributed by atoms with Gasteiger partial charge in [0.05, 0.1) is 6.61 Å². The van der Waals surface area contributed by atoms with Gasteiger partial charge < -0.3 is 9.84 Å². The fraction of sp³-hybridized carbons (Fsp3) is 0.917. The minimum atomic E-state index is -0.575. The van der Waals surface area contributed by atoms with E-state index < -0.39 is 4.32 Å². The third kappa shape index (κ3) is 9.16. The van der Waals surface area contributed by atoms with Crippen molar-refractivity contribution < 1.29 is 14.6 Å². The number of carbonyl (C=O) groups excluding carboxylic acids is 1. The first-order valence-corrected chi connectivity index (χ1v) is 6.75. The Labute approximate surface area is 107 Å². The summed E-state index contributed by atoms with van der Waals surface area (Å²) in [6.45, 7) is 4.36. The molecule has 3 nitrogen and oxygen atoms in total. The zero-order chi connectivity index (χ0) is 12.4. The van der Waals surface area contributed by atoms with Crippen molar-refractivity contribution in [1.29, 1.82) is 0 Å². The molecular formula is C12H23BrO3. The van der Waals surface area contributed by atoms with Gasteiger partial charge >= 0.3 is 5.97 Å². The van der Waals surface area contributed by atoms with Crippen molar-refractivity contribution in [1.82, 2.24) is 0 Å². The number of aliphatic hydroxyl groups is 1. The monoisotopic (exact) mass is 294 g/mol. The molecule has 0 aromatic carbocycles. The van der Waals surface area contributed by atoms with E-state index in [4.69, 9.17) is 9.84 Å². The molecule has 0 spiro atoms. The van der Waals surface area contributed by atoms with Crippen LogP contribution in [0.15, 0.2) is 0 Å². The second-order valence-corrected chi connectivity index (χ2v) is 6.44. The Hall–Kier alpha value is -0.0900. The molecule has 0 bridgehead atoms. The molecule has 0 saturated carbocycles. The van der Waals surface area contributed by atoms with E-state index in [-0.39, 0.29) is 12.6 Å². The summed E-state index contributed by atoms with van der Waals surface area (Å²) in [4.78, 5) is 11.3. The average molecular weight is 295 g/mol. The van der Waals surface area contributed by atoms with Crippen LogP contribution < -0.4 is 0 Å². The molecule has 0 aliphatic carbocycles. The first kappa shape index (κ1) is 15.9. The second-order valence-electron chi connectivity index (χ2n) is 4.45. The lowest BCUT2D eigenvalue weighted by atomic mass is 10.1. The fourth-order valence-corrected chi connectivity index (χ4v) is 1.37. The van der Waals surface area contributed by atoms with Crippen LogP contribution in [0.5, 0.6) is 0 Å². The van der Waals surface area contributed by atoms with Crippen molar-refractivity contribution >= 4 is 21.9 Å². The number of ether oxygens (including phenoxy) is 1. The molecule has 96 valence electrons. The van der Waals surface area contributed by atoms with E-state index in [0.717, 1.165) is 38.5 Å². The van der Waals surface area contributed by atoms with E-state index >= 15 is 0 Å². The molecule has 0 rings (SSSR count). The lowest BCUT2D eigenvalue weighted by molar-refractivity contribution is -0.145. The number of hydrogen-bond acceptors (Lipinski definition) is 3. The molecule has 0 aliphatic rings. The van der Waals surface area contributed by atoms with Crippen LogP contribution >= 0.6 is 15.9 Å². The molecule has 0 heterocycles. The largest absolute Gasteiger partial charge is 0.465 e. The van der Waals surface area contributed by atoms with Gasteiger partial charge in [-0.05, 0) is 26.7 Å². The van der Waals surface area contributed by atoms with Crippen LogP contribution in [-0.2, 0) is 9.53 Å². The number of alkyl halides is 1. The van der Waals surface area contributed by atoms with E-state index in [0.29, 0.717) is 6.61 Å². The van der Waals surface area contributed by atoms with Gasteiger partial charge in [-0.3, -0.25) is 4.79 Å². The molecule has 0 aromatic heterocycles. The molecule has 0 aromatic rings. The Balaban J connectivity index is 3.25. The Bertz CT molecular complexity index is 187. The standard InChI is InChI=1S/C12H23BrO3/c1-12(2,13)11(15)16-10-8-6-4-3-5-7-9-14/h14H,3-10H2,1-2H3. The van der Waals surface area contributed by atoms with Crippen LogP contribution in [0, 0.1) is 0 Å². The molecule has 0 unspecified atom stereocenters. The Kier molecular flexibility index (Phi) is 8.94. The number of unbranched alkanes of at least 4 members (excludes halogenated alkanes) is 5. The van der Waals surface area contributed by atoms with Gasteiger partial charge in [-0.25, -0.2) is 0 Å². The summed E-state index contributed by atoms with van der Waals surface area (Å²) in [5.41, 5.74) is 0. The van der Waals surface area contributed by atoms with Gasteiger partial charge in [0.1, 0.15) is 4.32 Å². The highest BCUT2D eigenvalue weighted by atomic mass is 79.9. The zero-order valence-corrected chi connectivity index (χ0v) is 11.9. The van der Waals surface area contributed by atoms with Crippen molar-refractivity contribution in [2.24, 2.45) is 0 Å². The quantitative estimate of drug-likeness (QED) is 0.404. The summed E-state index contributed by atoms with van der Waals surface area (Å²) in [7, 11) is 0. The summed E-state index contributed by atoms with van der Waals surface area (Å²) in [6.07, 6.45) is 6.29. The van der Waals surface area contributed by atoms with Gasteiger partial charge in [0.15, 0.2) is 0 Å². The topological polar surface area (TPSA) is 46.5 Å². The number of esters is 1. The SMILES string of the molecule is CC(C)(Br)C(=O)OCCCCCCCCO. The van der Waals surface area contributed by atoms with Crippen molar-refractivity contribution in [3.05, 3.63) is 0 Å². The van der Waals surface area contributed by atoms with Gasteiger partial charge in [-0.15, -0.1) is 0 Å². The lowest BCUT2D eigenvalue weighted by Gasteiger charge is -2.14. The summed E-state index contributed by atoms with van der Waals surface area (Å²) in [6, 6.07) is 0. The van der Waals surface area contributed by atoms with Crippen LogP contribution in [0.2, 0.25) is 0 Å². The second kappa shape index (κ2) is 8.99. The minimum Gasteiger partial charge on any atom is -0.465 e. The Morgan fingerprint density at radius 3 is 2.12 bits per heavy atom. The molecule has 0 saturated heterocycles. The molecule has 0 aliphatic heterocycles. The van der Waals surface area contributed by atoms with Crippen molar-refractivity contribution in [2.45, 2.75) is 56.7 Å². The summed E-state index contributed by atoms with van der Waals surface area (Å²) in [5.74, 6) is -0.201. The first-order chi connectivity index (χ1) is 7.48. The molecular weight excluding hydrogens is 272 g/mol. The van der Waals surface area contributed by atoms with E-state index in [1.165, 1.54) is 0 Å². The maximum atomic E-state index is 11.3. The summed E-state index contributed by atoms with van der Waals surface area (Å²) < 4.78 is 4.53. The molecule has 16 heavy (non-hydrogen) atoms. The predicted molar refractivity (Wildman–Crippen MR) is 68.8 cm³/mol. The van der Waals surface area contributed by atoms with Gasteiger partial charge in [0.2, 0.25) is 0 Å².